The van der Waals surface area contributed by atoms with Gasteiger partial charge in [0, 0.05) is 39.3 Å². The van der Waals surface area contributed by atoms with Gasteiger partial charge in [0.2, 0.25) is 0 Å². The lowest BCUT2D eigenvalue weighted by molar-refractivity contribution is -0.138. The zero-order valence-electron chi connectivity index (χ0n) is 21.1. The molecule has 0 aromatic heterocycles. The smallest absolute Gasteiger partial charge is 0.303 e. The van der Waals surface area contributed by atoms with Gasteiger partial charge >= 0.3 is 11.9 Å². The molecule has 32 heavy (non-hydrogen) atoms. The Balaban J connectivity index is 0. The van der Waals surface area contributed by atoms with E-state index in [0.29, 0.717) is 12.8 Å². The Hall–Kier alpha value is -1.14. The van der Waals surface area contributed by atoms with E-state index in [2.05, 4.69) is 13.8 Å². The zero-order valence-corrected chi connectivity index (χ0v) is 21.1. The molecule has 192 valence electrons. The van der Waals surface area contributed by atoms with Gasteiger partial charge in [0.25, 0.3) is 0 Å². The molecule has 0 aromatic rings. The third-order valence-electron chi connectivity index (χ3n) is 5.06. The summed E-state index contributed by atoms with van der Waals surface area (Å²) in [6, 6.07) is 0. The van der Waals surface area contributed by atoms with Gasteiger partial charge < -0.3 is 19.7 Å². The van der Waals surface area contributed by atoms with Crippen molar-refractivity contribution in [1.82, 2.24) is 0 Å². The minimum Gasteiger partial charge on any atom is -0.481 e. The molecule has 0 aliphatic heterocycles. The molecular weight excluding hydrogens is 408 g/mol. The number of rotatable bonds is 24. The van der Waals surface area contributed by atoms with E-state index in [0.717, 1.165) is 77.8 Å². The molecule has 6 heteroatoms. The highest BCUT2D eigenvalue weighted by atomic mass is 16.5. The first kappa shape index (κ1) is 33.0. The number of carboxylic acids is 2. The van der Waals surface area contributed by atoms with Crippen molar-refractivity contribution in [3.63, 3.8) is 0 Å². The van der Waals surface area contributed by atoms with Crippen molar-refractivity contribution in [2.45, 2.75) is 129 Å². The summed E-state index contributed by atoms with van der Waals surface area (Å²) in [5.41, 5.74) is 0. The maximum Gasteiger partial charge on any atom is 0.303 e. The minimum atomic E-state index is -0.673. The summed E-state index contributed by atoms with van der Waals surface area (Å²) in [5, 5.41) is 16.9. The van der Waals surface area contributed by atoms with Gasteiger partial charge in [0.05, 0.1) is 0 Å². The van der Waals surface area contributed by atoms with Crippen LogP contribution in [-0.2, 0) is 19.1 Å². The quantitative estimate of drug-likeness (QED) is 0.147. The average Bonchev–Trinajstić information content (AvgIpc) is 2.76. The molecule has 0 unspecified atom stereocenters. The standard InChI is InChI=1S/2C13H26O3/c2*1-2-11-16-12-9-7-5-3-4-6-8-10-13(14)15/h2*2-12H2,1H3,(H,14,15). The third-order valence-corrected chi connectivity index (χ3v) is 5.06. The Bertz CT molecular complexity index is 351. The van der Waals surface area contributed by atoms with E-state index >= 15 is 0 Å². The van der Waals surface area contributed by atoms with E-state index in [-0.39, 0.29) is 0 Å². The Morgan fingerprint density at radius 2 is 0.750 bits per heavy atom. The fourth-order valence-electron chi connectivity index (χ4n) is 3.22. The van der Waals surface area contributed by atoms with Crippen molar-refractivity contribution in [2.24, 2.45) is 0 Å². The van der Waals surface area contributed by atoms with Gasteiger partial charge in [-0.05, 0) is 38.5 Å². The second kappa shape index (κ2) is 29.9. The van der Waals surface area contributed by atoms with Crippen LogP contribution < -0.4 is 0 Å². The molecule has 0 saturated carbocycles. The van der Waals surface area contributed by atoms with Crippen molar-refractivity contribution in [1.29, 1.82) is 0 Å². The van der Waals surface area contributed by atoms with Gasteiger partial charge in [0.1, 0.15) is 0 Å². The molecule has 0 spiro atoms. The largest absolute Gasteiger partial charge is 0.481 e. The highest BCUT2D eigenvalue weighted by Gasteiger charge is 1.97. The highest BCUT2D eigenvalue weighted by Crippen LogP contribution is 2.09. The minimum absolute atomic E-state index is 0.324. The molecule has 0 fully saturated rings. The number of ether oxygens (including phenoxy) is 2. The first-order valence-corrected chi connectivity index (χ1v) is 13.1. The molecule has 0 rings (SSSR count). The predicted octanol–water partition coefficient (Wildman–Crippen LogP) is 7.24. The Kier molecular flexibility index (Phi) is 30.8. The molecular formula is C26H52O6. The molecule has 0 aliphatic rings. The van der Waals surface area contributed by atoms with Crippen molar-refractivity contribution in [2.75, 3.05) is 26.4 Å². The Morgan fingerprint density at radius 1 is 0.469 bits per heavy atom. The zero-order chi connectivity index (χ0) is 24.1. The summed E-state index contributed by atoms with van der Waals surface area (Å²) in [6.45, 7) is 7.80. The Morgan fingerprint density at radius 3 is 1.03 bits per heavy atom. The van der Waals surface area contributed by atoms with Gasteiger partial charge in [-0.15, -0.1) is 0 Å². The van der Waals surface area contributed by atoms with Crippen molar-refractivity contribution in [3.05, 3.63) is 0 Å². The second-order valence-corrected chi connectivity index (χ2v) is 8.46. The molecule has 0 bridgehead atoms. The summed E-state index contributed by atoms with van der Waals surface area (Å²) in [6.07, 6.45) is 18.7. The number of aliphatic carboxylic acids is 2. The van der Waals surface area contributed by atoms with Crippen LogP contribution in [0.5, 0.6) is 0 Å². The highest BCUT2D eigenvalue weighted by molar-refractivity contribution is 5.66. The fraction of sp³-hybridized carbons (Fsp3) is 0.923. The number of hydrogen-bond acceptors (Lipinski definition) is 4. The van der Waals surface area contributed by atoms with Crippen LogP contribution in [0, 0.1) is 0 Å². The van der Waals surface area contributed by atoms with Gasteiger partial charge in [-0.25, -0.2) is 0 Å². The monoisotopic (exact) mass is 460 g/mol. The van der Waals surface area contributed by atoms with Crippen LogP contribution in [0.2, 0.25) is 0 Å². The van der Waals surface area contributed by atoms with Crippen LogP contribution >= 0.6 is 0 Å². The van der Waals surface area contributed by atoms with Crippen LogP contribution in [0.15, 0.2) is 0 Å². The first-order valence-electron chi connectivity index (χ1n) is 13.1. The van der Waals surface area contributed by atoms with Gasteiger partial charge in [-0.3, -0.25) is 9.59 Å². The summed E-state index contributed by atoms with van der Waals surface area (Å²) < 4.78 is 10.8. The third kappa shape index (κ3) is 36.2. The van der Waals surface area contributed by atoms with E-state index < -0.39 is 11.9 Å². The summed E-state index contributed by atoms with van der Waals surface area (Å²) >= 11 is 0. The second-order valence-electron chi connectivity index (χ2n) is 8.46. The number of carboxylic acid groups (broad SMARTS) is 2. The molecule has 0 heterocycles. The van der Waals surface area contributed by atoms with E-state index in [1.165, 1.54) is 51.4 Å². The normalized spacial score (nSPS) is 10.6. The lowest BCUT2D eigenvalue weighted by Gasteiger charge is -2.02. The molecule has 0 saturated heterocycles. The lowest BCUT2D eigenvalue weighted by atomic mass is 10.1. The number of hydrogen-bond donors (Lipinski definition) is 2. The van der Waals surface area contributed by atoms with Crippen LogP contribution in [0.25, 0.3) is 0 Å². The topological polar surface area (TPSA) is 93.1 Å². The van der Waals surface area contributed by atoms with E-state index in [4.69, 9.17) is 19.7 Å². The summed E-state index contributed by atoms with van der Waals surface area (Å²) in [5.74, 6) is -1.35. The SMILES string of the molecule is CCCOCCCCCCCCCC(=O)O.CCCOCCCCCCCCCC(=O)O. The molecule has 2 N–H and O–H groups in total. The summed E-state index contributed by atoms with van der Waals surface area (Å²) in [7, 11) is 0. The van der Waals surface area contributed by atoms with Gasteiger partial charge in [-0.1, -0.05) is 78.1 Å². The molecule has 0 aromatic carbocycles. The molecule has 0 radical (unpaired) electrons. The van der Waals surface area contributed by atoms with E-state index in [1.54, 1.807) is 0 Å². The number of carbonyl (C=O) groups is 2. The van der Waals surface area contributed by atoms with Crippen LogP contribution in [0.1, 0.15) is 129 Å². The van der Waals surface area contributed by atoms with Crippen LogP contribution in [0.3, 0.4) is 0 Å². The van der Waals surface area contributed by atoms with E-state index in [1.807, 2.05) is 0 Å². The fourth-order valence-corrected chi connectivity index (χ4v) is 3.22. The van der Waals surface area contributed by atoms with Gasteiger partial charge in [-0.2, -0.15) is 0 Å². The predicted molar refractivity (Wildman–Crippen MR) is 131 cm³/mol. The number of unbranched alkanes of at least 4 members (excludes halogenated alkanes) is 12. The molecule has 0 atom stereocenters. The molecule has 6 nitrogen and oxygen atoms in total. The van der Waals surface area contributed by atoms with Crippen molar-refractivity contribution >= 4 is 11.9 Å². The van der Waals surface area contributed by atoms with Crippen LogP contribution in [0.4, 0.5) is 0 Å². The Labute approximate surface area is 197 Å². The lowest BCUT2D eigenvalue weighted by Crippen LogP contribution is -1.95. The molecule has 0 aliphatic carbocycles. The van der Waals surface area contributed by atoms with Crippen molar-refractivity contribution in [3.8, 4) is 0 Å². The maximum absolute atomic E-state index is 10.2. The molecule has 0 amide bonds. The maximum atomic E-state index is 10.2. The summed E-state index contributed by atoms with van der Waals surface area (Å²) in [4.78, 5) is 20.5. The van der Waals surface area contributed by atoms with E-state index in [9.17, 15) is 9.59 Å². The first-order chi connectivity index (χ1) is 15.5. The van der Waals surface area contributed by atoms with Crippen LogP contribution in [-0.4, -0.2) is 48.6 Å². The van der Waals surface area contributed by atoms with Crippen molar-refractivity contribution < 1.29 is 29.3 Å². The van der Waals surface area contributed by atoms with Gasteiger partial charge in [0.15, 0.2) is 0 Å². The average molecular weight is 461 g/mol.